The maximum Gasteiger partial charge on any atom is 0.196 e. The Kier molecular flexibility index (Phi) is 6.35. The maximum absolute atomic E-state index is 5.96. The molecule has 0 amide bonds. The zero-order valence-corrected chi connectivity index (χ0v) is 13.3. The number of aliphatic imine (C=N–C) groups is 1. The molecule has 1 aliphatic rings. The molecule has 0 aliphatic carbocycles. The molecule has 1 aliphatic heterocycles. The Morgan fingerprint density at radius 2 is 2.28 bits per heavy atom. The summed E-state index contributed by atoms with van der Waals surface area (Å²) in [5.74, 6) is 1.30. The lowest BCUT2D eigenvalue weighted by Crippen LogP contribution is -2.38. The molecular weight excluding hydrogens is 357 g/mol. The molecule has 0 unspecified atom stereocenters. The number of rotatable bonds is 3. The van der Waals surface area contributed by atoms with Crippen molar-refractivity contribution in [3.63, 3.8) is 0 Å². The zero-order chi connectivity index (χ0) is 12.3. The van der Waals surface area contributed by atoms with Crippen LogP contribution in [0.4, 0.5) is 0 Å². The van der Waals surface area contributed by atoms with Crippen molar-refractivity contribution in [1.29, 1.82) is 0 Å². The van der Waals surface area contributed by atoms with Crippen molar-refractivity contribution in [3.05, 3.63) is 40.0 Å². The van der Waals surface area contributed by atoms with Gasteiger partial charge in [0.1, 0.15) is 0 Å². The quantitative estimate of drug-likeness (QED) is 0.826. The van der Waals surface area contributed by atoms with E-state index in [4.69, 9.17) is 17.3 Å². The Morgan fingerprint density at radius 3 is 3.00 bits per heavy atom. The number of nitrogens with two attached hydrogens (primary N) is 1. The fourth-order valence-corrected chi connectivity index (χ4v) is 3.11. The number of nitrogens with zero attached hydrogens (tertiary/aromatic N) is 2. The van der Waals surface area contributed by atoms with Crippen molar-refractivity contribution in [3.8, 4) is 0 Å². The number of guanidine groups is 1. The van der Waals surface area contributed by atoms with Crippen molar-refractivity contribution in [2.24, 2.45) is 10.7 Å². The highest BCUT2D eigenvalue weighted by Gasteiger charge is 2.10. The molecule has 2 N–H and O–H groups in total. The molecule has 0 saturated heterocycles. The fourth-order valence-electron chi connectivity index (χ4n) is 1.33. The Morgan fingerprint density at radius 1 is 1.50 bits per heavy atom. The first kappa shape index (κ1) is 15.7. The average Bonchev–Trinajstić information content (AvgIpc) is 2.32. The maximum atomic E-state index is 5.96. The minimum absolute atomic E-state index is 0. The van der Waals surface area contributed by atoms with Gasteiger partial charge in [0.2, 0.25) is 0 Å². The molecular formula is C11H12BrCl2N3S. The fraction of sp³-hybridized carbons (Fsp3) is 0.182. The Balaban J connectivity index is 0.00000162. The van der Waals surface area contributed by atoms with Crippen LogP contribution in [-0.4, -0.2) is 23.3 Å². The summed E-state index contributed by atoms with van der Waals surface area (Å²) < 4.78 is 1.04. The van der Waals surface area contributed by atoms with E-state index in [0.29, 0.717) is 5.96 Å². The van der Waals surface area contributed by atoms with E-state index in [9.17, 15) is 0 Å². The molecule has 1 aromatic rings. The van der Waals surface area contributed by atoms with Gasteiger partial charge in [-0.1, -0.05) is 11.6 Å². The molecule has 0 fully saturated rings. The summed E-state index contributed by atoms with van der Waals surface area (Å²) in [5, 5.41) is 0.732. The van der Waals surface area contributed by atoms with Crippen LogP contribution in [0.2, 0.25) is 5.02 Å². The van der Waals surface area contributed by atoms with Gasteiger partial charge in [0.25, 0.3) is 0 Å². The van der Waals surface area contributed by atoms with Crippen LogP contribution in [0, 0.1) is 0 Å². The van der Waals surface area contributed by atoms with Crippen LogP contribution >= 0.6 is 51.7 Å². The summed E-state index contributed by atoms with van der Waals surface area (Å²) in [6, 6.07) is 5.73. The molecule has 18 heavy (non-hydrogen) atoms. The third-order valence-electron chi connectivity index (χ3n) is 2.23. The molecule has 98 valence electrons. The monoisotopic (exact) mass is 367 g/mol. The summed E-state index contributed by atoms with van der Waals surface area (Å²) in [4.78, 5) is 7.15. The van der Waals surface area contributed by atoms with Crippen molar-refractivity contribution in [2.75, 3.05) is 12.4 Å². The van der Waals surface area contributed by atoms with Crippen molar-refractivity contribution in [1.82, 2.24) is 4.90 Å². The molecule has 1 aromatic carbocycles. The van der Waals surface area contributed by atoms with E-state index < -0.39 is 0 Å². The van der Waals surface area contributed by atoms with E-state index >= 15 is 0 Å². The number of thioether (sulfide) groups is 1. The summed E-state index contributed by atoms with van der Waals surface area (Å²) in [5.41, 5.74) is 5.78. The van der Waals surface area contributed by atoms with Crippen molar-refractivity contribution < 1.29 is 0 Å². The number of benzene rings is 1. The molecule has 0 radical (unpaired) electrons. The van der Waals surface area contributed by atoms with Crippen LogP contribution in [0.5, 0.6) is 0 Å². The lowest BCUT2D eigenvalue weighted by atomic mass is 10.4. The molecule has 0 atom stereocenters. The highest BCUT2D eigenvalue weighted by Crippen LogP contribution is 2.30. The number of hydrogen-bond acceptors (Lipinski definition) is 4. The van der Waals surface area contributed by atoms with Crippen LogP contribution in [0.1, 0.15) is 0 Å². The van der Waals surface area contributed by atoms with Gasteiger partial charge in [-0.2, -0.15) is 0 Å². The SMILES string of the molecule is Cl.NC1=NC=CCN1CSc1cc(Cl)ccc1Br. The summed E-state index contributed by atoms with van der Waals surface area (Å²) in [6.45, 7) is 0.792. The molecule has 7 heteroatoms. The molecule has 1 heterocycles. The minimum atomic E-state index is 0. The van der Waals surface area contributed by atoms with Gasteiger partial charge < -0.3 is 10.6 Å². The van der Waals surface area contributed by atoms with Crippen LogP contribution in [0.15, 0.2) is 44.8 Å². The standard InChI is InChI=1S/C11H11BrClN3S.ClH/c12-9-3-2-8(13)6-10(9)17-7-16-5-1-4-15-11(16)14;/h1-4,6H,5,7H2,(H2,14,15);1H. The van der Waals surface area contributed by atoms with Crippen molar-refractivity contribution in [2.45, 2.75) is 4.90 Å². The van der Waals surface area contributed by atoms with E-state index in [-0.39, 0.29) is 12.4 Å². The molecule has 0 bridgehead atoms. The number of halogens is 3. The van der Waals surface area contributed by atoms with Crippen LogP contribution in [0.25, 0.3) is 0 Å². The second-order valence-corrected chi connectivity index (χ2v) is 5.72. The predicted molar refractivity (Wildman–Crippen MR) is 84.6 cm³/mol. The summed E-state index contributed by atoms with van der Waals surface area (Å²) >= 11 is 11.1. The van der Waals surface area contributed by atoms with E-state index in [1.54, 1.807) is 18.0 Å². The van der Waals surface area contributed by atoms with Gasteiger partial charge in [-0.25, -0.2) is 4.99 Å². The lowest BCUT2D eigenvalue weighted by Gasteiger charge is -2.23. The van der Waals surface area contributed by atoms with Crippen LogP contribution in [0.3, 0.4) is 0 Å². The molecule has 2 rings (SSSR count). The number of hydrogen-bond donors (Lipinski definition) is 1. The first-order valence-electron chi connectivity index (χ1n) is 4.98. The van der Waals surface area contributed by atoms with Gasteiger partial charge in [0, 0.05) is 27.1 Å². The van der Waals surface area contributed by atoms with E-state index in [1.807, 2.05) is 29.2 Å². The highest BCUT2D eigenvalue weighted by atomic mass is 79.9. The zero-order valence-electron chi connectivity index (χ0n) is 9.35. The Bertz CT molecular complexity index is 479. The van der Waals surface area contributed by atoms with Crippen LogP contribution < -0.4 is 5.73 Å². The molecule has 3 nitrogen and oxygen atoms in total. The Hall–Kier alpha value is -0.360. The first-order chi connectivity index (χ1) is 8.16. The second-order valence-electron chi connectivity index (χ2n) is 3.44. The highest BCUT2D eigenvalue weighted by molar-refractivity contribution is 9.10. The predicted octanol–water partition coefficient (Wildman–Crippen LogP) is 3.72. The molecule has 0 saturated carbocycles. The van der Waals surface area contributed by atoms with Gasteiger partial charge in [0.05, 0.1) is 5.88 Å². The normalized spacial score (nSPS) is 14.1. The van der Waals surface area contributed by atoms with Gasteiger partial charge in [0.15, 0.2) is 5.96 Å². The van der Waals surface area contributed by atoms with Crippen LogP contribution in [-0.2, 0) is 0 Å². The topological polar surface area (TPSA) is 41.6 Å². The molecule has 0 spiro atoms. The largest absolute Gasteiger partial charge is 0.369 e. The van der Waals surface area contributed by atoms with E-state index in [1.165, 1.54) is 0 Å². The second kappa shape index (κ2) is 7.28. The summed E-state index contributed by atoms with van der Waals surface area (Å²) in [6.07, 6.45) is 3.70. The van der Waals surface area contributed by atoms with Gasteiger partial charge in [-0.05, 0) is 40.2 Å². The minimum Gasteiger partial charge on any atom is -0.369 e. The van der Waals surface area contributed by atoms with Gasteiger partial charge >= 0.3 is 0 Å². The summed E-state index contributed by atoms with van der Waals surface area (Å²) in [7, 11) is 0. The van der Waals surface area contributed by atoms with E-state index in [2.05, 4.69) is 20.9 Å². The van der Waals surface area contributed by atoms with E-state index in [0.717, 1.165) is 26.8 Å². The van der Waals surface area contributed by atoms with Gasteiger partial charge in [-0.3, -0.25) is 0 Å². The lowest BCUT2D eigenvalue weighted by molar-refractivity contribution is 0.529. The first-order valence-corrected chi connectivity index (χ1v) is 7.13. The van der Waals surface area contributed by atoms with Gasteiger partial charge in [-0.15, -0.1) is 24.2 Å². The molecule has 0 aromatic heterocycles. The smallest absolute Gasteiger partial charge is 0.196 e. The Labute approximate surface area is 130 Å². The average molecular weight is 369 g/mol. The third kappa shape index (κ3) is 4.09. The third-order valence-corrected chi connectivity index (χ3v) is 4.51. The van der Waals surface area contributed by atoms with Crippen molar-refractivity contribution >= 4 is 57.7 Å².